The Bertz CT molecular complexity index is 310. The first-order chi connectivity index (χ1) is 6.75. The van der Waals surface area contributed by atoms with Crippen LogP contribution >= 0.6 is 15.9 Å². The Morgan fingerprint density at radius 3 is 2.71 bits per heavy atom. The van der Waals surface area contributed by atoms with Gasteiger partial charge < -0.3 is 10.4 Å². The molecule has 14 heavy (non-hydrogen) atoms. The molecule has 2 nitrogen and oxygen atoms in total. The third-order valence-corrected chi connectivity index (χ3v) is 3.43. The van der Waals surface area contributed by atoms with Crippen LogP contribution in [0.1, 0.15) is 18.4 Å². The maximum Gasteiger partial charge on any atom is 0.0570 e. The number of halogens is 1. The van der Waals surface area contributed by atoms with Crippen molar-refractivity contribution in [1.82, 2.24) is 5.32 Å². The van der Waals surface area contributed by atoms with Crippen LogP contribution in [0, 0.1) is 0 Å². The molecular weight excluding hydrogens is 242 g/mol. The van der Waals surface area contributed by atoms with Gasteiger partial charge in [-0.25, -0.2) is 0 Å². The van der Waals surface area contributed by atoms with Crippen molar-refractivity contribution in [1.29, 1.82) is 0 Å². The van der Waals surface area contributed by atoms with Crippen molar-refractivity contribution >= 4 is 15.9 Å². The summed E-state index contributed by atoms with van der Waals surface area (Å²) in [4.78, 5) is 0. The minimum atomic E-state index is -0.0771. The van der Waals surface area contributed by atoms with E-state index < -0.39 is 0 Å². The Hall–Kier alpha value is -0.380. The zero-order valence-electron chi connectivity index (χ0n) is 7.91. The van der Waals surface area contributed by atoms with Crippen LogP contribution in [-0.4, -0.2) is 17.3 Å². The van der Waals surface area contributed by atoms with Crippen molar-refractivity contribution in [3.05, 3.63) is 34.3 Å². The maximum absolute atomic E-state index is 9.12. The molecule has 3 heteroatoms. The molecule has 1 saturated carbocycles. The first-order valence-corrected chi connectivity index (χ1v) is 5.70. The normalized spacial score (nSPS) is 25.9. The van der Waals surface area contributed by atoms with E-state index in [4.69, 9.17) is 5.11 Å². The van der Waals surface area contributed by atoms with Crippen LogP contribution in [0.15, 0.2) is 28.7 Å². The summed E-state index contributed by atoms with van der Waals surface area (Å²) in [5.41, 5.74) is 1.27. The Labute approximate surface area is 92.5 Å². The van der Waals surface area contributed by atoms with Crippen LogP contribution in [0.3, 0.4) is 0 Å². The topological polar surface area (TPSA) is 32.3 Å². The minimum absolute atomic E-state index is 0.0771. The summed E-state index contributed by atoms with van der Waals surface area (Å²) in [5, 5.41) is 12.5. The molecule has 1 fully saturated rings. The fourth-order valence-corrected chi connectivity index (χ4v) is 2.08. The summed E-state index contributed by atoms with van der Waals surface area (Å²) in [7, 11) is 0. The van der Waals surface area contributed by atoms with Crippen molar-refractivity contribution in [2.24, 2.45) is 0 Å². The molecule has 0 aliphatic heterocycles. The molecule has 0 saturated heterocycles. The molecule has 0 atom stereocenters. The average Bonchev–Trinajstić information content (AvgIpc) is 2.13. The van der Waals surface area contributed by atoms with Gasteiger partial charge in [0.2, 0.25) is 0 Å². The van der Waals surface area contributed by atoms with E-state index in [2.05, 4.69) is 27.3 Å². The lowest BCUT2D eigenvalue weighted by molar-refractivity contribution is 0.0619. The Morgan fingerprint density at radius 2 is 2.07 bits per heavy atom. The van der Waals surface area contributed by atoms with Gasteiger partial charge in [-0.3, -0.25) is 0 Å². The molecular formula is C11H14BrNO. The van der Waals surface area contributed by atoms with Gasteiger partial charge in [-0.05, 0) is 24.5 Å². The molecule has 1 aromatic carbocycles. The van der Waals surface area contributed by atoms with Crippen LogP contribution in [0.5, 0.6) is 0 Å². The predicted molar refractivity (Wildman–Crippen MR) is 60.0 cm³/mol. The number of hydrogen-bond acceptors (Lipinski definition) is 2. The lowest BCUT2D eigenvalue weighted by Gasteiger charge is -2.32. The second-order valence-electron chi connectivity index (χ2n) is 3.79. The van der Waals surface area contributed by atoms with Gasteiger partial charge in [-0.2, -0.15) is 0 Å². The number of nitrogens with one attached hydrogen (secondary N) is 1. The van der Waals surface area contributed by atoms with E-state index in [1.165, 1.54) is 5.56 Å². The molecule has 2 N–H and O–H groups in total. The van der Waals surface area contributed by atoms with Crippen molar-refractivity contribution in [3.8, 4) is 0 Å². The number of rotatable bonds is 3. The molecule has 76 valence electrons. The molecule has 0 radical (unpaired) electrons. The Kier molecular flexibility index (Phi) is 3.21. The molecule has 0 heterocycles. The highest BCUT2D eigenvalue weighted by molar-refractivity contribution is 9.10. The standard InChI is InChI=1S/C11H14BrNO/c12-11-4-2-1-3-8(11)7-13-9-5-10(14)6-9/h1-4,9-10,13-14H,5-7H2. The second kappa shape index (κ2) is 4.43. The summed E-state index contributed by atoms with van der Waals surface area (Å²) >= 11 is 3.51. The smallest absolute Gasteiger partial charge is 0.0570 e. The minimum Gasteiger partial charge on any atom is -0.393 e. The lowest BCUT2D eigenvalue weighted by atomic mass is 9.89. The zero-order valence-corrected chi connectivity index (χ0v) is 9.50. The summed E-state index contributed by atoms with van der Waals surface area (Å²) in [6, 6.07) is 8.70. The molecule has 0 bridgehead atoms. The van der Waals surface area contributed by atoms with Gasteiger partial charge in [0.15, 0.2) is 0 Å². The Morgan fingerprint density at radius 1 is 1.36 bits per heavy atom. The molecule has 0 unspecified atom stereocenters. The average molecular weight is 256 g/mol. The van der Waals surface area contributed by atoms with Crippen molar-refractivity contribution < 1.29 is 5.11 Å². The van der Waals surface area contributed by atoms with Crippen molar-refractivity contribution in [2.45, 2.75) is 31.5 Å². The van der Waals surface area contributed by atoms with Gasteiger partial charge in [-0.1, -0.05) is 34.1 Å². The van der Waals surface area contributed by atoms with E-state index in [9.17, 15) is 0 Å². The predicted octanol–water partition coefficient (Wildman–Crippen LogP) is 2.06. The van der Waals surface area contributed by atoms with Crippen LogP contribution in [0.2, 0.25) is 0 Å². The Balaban J connectivity index is 1.83. The summed E-state index contributed by atoms with van der Waals surface area (Å²) in [6.07, 6.45) is 1.71. The van der Waals surface area contributed by atoms with Crippen molar-refractivity contribution in [2.75, 3.05) is 0 Å². The zero-order chi connectivity index (χ0) is 9.97. The summed E-state index contributed by atoms with van der Waals surface area (Å²) < 4.78 is 1.15. The van der Waals surface area contributed by atoms with Crippen LogP contribution in [0.25, 0.3) is 0 Å². The van der Waals surface area contributed by atoms with Gasteiger partial charge in [0.1, 0.15) is 0 Å². The van der Waals surface area contributed by atoms with E-state index in [1.54, 1.807) is 0 Å². The van der Waals surface area contributed by atoms with Crippen LogP contribution < -0.4 is 5.32 Å². The monoisotopic (exact) mass is 255 g/mol. The first-order valence-electron chi connectivity index (χ1n) is 4.90. The van der Waals surface area contributed by atoms with Crippen LogP contribution in [0.4, 0.5) is 0 Å². The number of benzene rings is 1. The van der Waals surface area contributed by atoms with Gasteiger partial charge >= 0.3 is 0 Å². The largest absolute Gasteiger partial charge is 0.393 e. The summed E-state index contributed by atoms with van der Waals surface area (Å²) in [6.45, 7) is 0.874. The highest BCUT2D eigenvalue weighted by Crippen LogP contribution is 2.21. The quantitative estimate of drug-likeness (QED) is 0.867. The SMILES string of the molecule is OC1CC(NCc2ccccc2Br)C1. The molecule has 2 rings (SSSR count). The van der Waals surface area contributed by atoms with E-state index in [-0.39, 0.29) is 6.10 Å². The van der Waals surface area contributed by atoms with E-state index in [1.807, 2.05) is 18.2 Å². The fraction of sp³-hybridized carbons (Fsp3) is 0.455. The molecule has 0 spiro atoms. The second-order valence-corrected chi connectivity index (χ2v) is 4.65. The third-order valence-electron chi connectivity index (χ3n) is 2.65. The number of aliphatic hydroxyl groups is 1. The van der Waals surface area contributed by atoms with Gasteiger partial charge in [0.25, 0.3) is 0 Å². The molecule has 1 aliphatic rings. The molecule has 1 aromatic rings. The molecule has 0 amide bonds. The van der Waals surface area contributed by atoms with E-state index in [0.717, 1.165) is 23.9 Å². The fourth-order valence-electron chi connectivity index (χ4n) is 1.65. The maximum atomic E-state index is 9.12. The molecule has 1 aliphatic carbocycles. The highest BCUT2D eigenvalue weighted by atomic mass is 79.9. The van der Waals surface area contributed by atoms with Gasteiger partial charge in [-0.15, -0.1) is 0 Å². The van der Waals surface area contributed by atoms with Crippen molar-refractivity contribution in [3.63, 3.8) is 0 Å². The van der Waals surface area contributed by atoms with Gasteiger partial charge in [0.05, 0.1) is 6.10 Å². The third kappa shape index (κ3) is 2.35. The van der Waals surface area contributed by atoms with Crippen LogP contribution in [-0.2, 0) is 6.54 Å². The van der Waals surface area contributed by atoms with E-state index in [0.29, 0.717) is 6.04 Å². The highest BCUT2D eigenvalue weighted by Gasteiger charge is 2.26. The van der Waals surface area contributed by atoms with Gasteiger partial charge in [0, 0.05) is 17.1 Å². The lowest BCUT2D eigenvalue weighted by Crippen LogP contribution is -2.43. The number of hydrogen-bond donors (Lipinski definition) is 2. The summed E-state index contributed by atoms with van der Waals surface area (Å²) in [5.74, 6) is 0. The molecule has 0 aromatic heterocycles. The number of aliphatic hydroxyl groups excluding tert-OH is 1. The van der Waals surface area contributed by atoms with E-state index >= 15 is 0 Å². The first kappa shape index (κ1) is 10.1.